The van der Waals surface area contributed by atoms with Gasteiger partial charge < -0.3 is 5.11 Å². The van der Waals surface area contributed by atoms with Crippen LogP contribution in [0.3, 0.4) is 0 Å². The van der Waals surface area contributed by atoms with Gasteiger partial charge in [0.05, 0.1) is 0 Å². The Hall–Kier alpha value is -0.0400. The van der Waals surface area contributed by atoms with Crippen LogP contribution in [0.15, 0.2) is 0 Å². The summed E-state index contributed by atoms with van der Waals surface area (Å²) < 4.78 is 0. The Balaban J connectivity index is 2.30. The molecule has 0 aliphatic heterocycles. The van der Waals surface area contributed by atoms with Crippen LogP contribution in [0.4, 0.5) is 0 Å². The Morgan fingerprint density at radius 2 is 2.25 bits per heavy atom. The average molecular weight is 114 g/mol. The fraction of sp³-hybridized carbons (Fsp3) is 1.00. The van der Waals surface area contributed by atoms with Crippen molar-refractivity contribution < 1.29 is 5.11 Å². The maximum absolute atomic E-state index is 8.74. The van der Waals surface area contributed by atoms with E-state index in [1.165, 1.54) is 19.3 Å². The molecule has 0 amide bonds. The number of hydrogen-bond acceptors (Lipinski definition) is 1. The number of rotatable bonds is 1. The molecule has 1 aliphatic rings. The van der Waals surface area contributed by atoms with Gasteiger partial charge in [0.25, 0.3) is 0 Å². The lowest BCUT2D eigenvalue weighted by Gasteiger charge is -2.09. The second-order valence-electron chi connectivity index (χ2n) is 2.85. The van der Waals surface area contributed by atoms with Crippen molar-refractivity contribution in [2.24, 2.45) is 11.8 Å². The summed E-state index contributed by atoms with van der Waals surface area (Å²) in [5, 5.41) is 8.74. The van der Waals surface area contributed by atoms with E-state index in [-0.39, 0.29) is 0 Å². The second-order valence-corrected chi connectivity index (χ2v) is 2.85. The second kappa shape index (κ2) is 2.49. The third-order valence-electron chi connectivity index (χ3n) is 2.27. The SMILES string of the molecule is C[C@H]1CCC[C@@H]1CO. The summed E-state index contributed by atoms with van der Waals surface area (Å²) in [4.78, 5) is 0. The normalized spacial score (nSPS) is 38.2. The Morgan fingerprint density at radius 3 is 2.50 bits per heavy atom. The van der Waals surface area contributed by atoms with Gasteiger partial charge in [0, 0.05) is 6.61 Å². The standard InChI is InChI=1S/C7H14O/c1-6-3-2-4-7(6)5-8/h6-8H,2-5H2,1H3/t6-,7+/m0/s1. The first-order valence-corrected chi connectivity index (χ1v) is 3.45. The van der Waals surface area contributed by atoms with Gasteiger partial charge in [-0.2, -0.15) is 0 Å². The van der Waals surface area contributed by atoms with Crippen molar-refractivity contribution in [1.29, 1.82) is 0 Å². The zero-order valence-electron chi connectivity index (χ0n) is 5.43. The van der Waals surface area contributed by atoms with Crippen molar-refractivity contribution in [3.05, 3.63) is 0 Å². The molecule has 1 aliphatic carbocycles. The summed E-state index contributed by atoms with van der Waals surface area (Å²) in [5.41, 5.74) is 0. The number of hydrogen-bond donors (Lipinski definition) is 1. The molecule has 48 valence electrons. The van der Waals surface area contributed by atoms with E-state index in [1.807, 2.05) is 0 Å². The van der Waals surface area contributed by atoms with E-state index in [0.717, 1.165) is 5.92 Å². The van der Waals surface area contributed by atoms with Crippen LogP contribution in [-0.4, -0.2) is 11.7 Å². The van der Waals surface area contributed by atoms with Crippen LogP contribution in [0.5, 0.6) is 0 Å². The third-order valence-corrected chi connectivity index (χ3v) is 2.27. The predicted molar refractivity (Wildman–Crippen MR) is 33.6 cm³/mol. The van der Waals surface area contributed by atoms with Gasteiger partial charge in [-0.05, 0) is 18.3 Å². The van der Waals surface area contributed by atoms with E-state index in [9.17, 15) is 0 Å². The maximum atomic E-state index is 8.74. The monoisotopic (exact) mass is 114 g/mol. The molecule has 0 heterocycles. The van der Waals surface area contributed by atoms with Gasteiger partial charge in [0.1, 0.15) is 0 Å². The molecule has 0 aromatic rings. The number of aliphatic hydroxyl groups is 1. The molecule has 1 nitrogen and oxygen atoms in total. The first-order valence-electron chi connectivity index (χ1n) is 3.45. The Morgan fingerprint density at radius 1 is 1.50 bits per heavy atom. The van der Waals surface area contributed by atoms with Crippen molar-refractivity contribution in [1.82, 2.24) is 0 Å². The molecule has 2 atom stereocenters. The van der Waals surface area contributed by atoms with E-state index >= 15 is 0 Å². The molecule has 0 unspecified atom stereocenters. The Bertz CT molecular complexity index is 70.8. The molecular formula is C7H14O. The van der Waals surface area contributed by atoms with E-state index in [0.29, 0.717) is 12.5 Å². The van der Waals surface area contributed by atoms with Gasteiger partial charge in [-0.3, -0.25) is 0 Å². The lowest BCUT2D eigenvalue weighted by Crippen LogP contribution is -2.07. The largest absolute Gasteiger partial charge is 0.396 e. The molecule has 0 spiro atoms. The van der Waals surface area contributed by atoms with Crippen LogP contribution in [-0.2, 0) is 0 Å². The Labute approximate surface area is 50.7 Å². The van der Waals surface area contributed by atoms with Crippen LogP contribution in [0.25, 0.3) is 0 Å². The lowest BCUT2D eigenvalue weighted by molar-refractivity contribution is 0.201. The maximum Gasteiger partial charge on any atom is 0.0461 e. The van der Waals surface area contributed by atoms with Crippen LogP contribution in [0.1, 0.15) is 26.2 Å². The fourth-order valence-electron chi connectivity index (χ4n) is 1.49. The molecule has 1 fully saturated rings. The van der Waals surface area contributed by atoms with Gasteiger partial charge in [-0.15, -0.1) is 0 Å². The predicted octanol–water partition coefficient (Wildman–Crippen LogP) is 1.41. The fourth-order valence-corrected chi connectivity index (χ4v) is 1.49. The van der Waals surface area contributed by atoms with E-state index < -0.39 is 0 Å². The molecule has 0 radical (unpaired) electrons. The lowest BCUT2D eigenvalue weighted by atomic mass is 10.00. The molecule has 1 rings (SSSR count). The topological polar surface area (TPSA) is 20.2 Å². The molecule has 0 saturated heterocycles. The molecule has 1 heteroatoms. The zero-order valence-corrected chi connectivity index (χ0v) is 5.43. The van der Waals surface area contributed by atoms with Crippen molar-refractivity contribution in [3.8, 4) is 0 Å². The summed E-state index contributed by atoms with van der Waals surface area (Å²) in [5.74, 6) is 1.40. The van der Waals surface area contributed by atoms with Crippen LogP contribution < -0.4 is 0 Å². The van der Waals surface area contributed by atoms with E-state index in [1.54, 1.807) is 0 Å². The minimum atomic E-state index is 0.404. The highest BCUT2D eigenvalue weighted by atomic mass is 16.3. The molecule has 8 heavy (non-hydrogen) atoms. The Kier molecular flexibility index (Phi) is 1.90. The summed E-state index contributed by atoms with van der Waals surface area (Å²) in [7, 11) is 0. The van der Waals surface area contributed by atoms with Crippen molar-refractivity contribution in [2.45, 2.75) is 26.2 Å². The summed E-state index contributed by atoms with van der Waals surface area (Å²) in [6.45, 7) is 2.63. The van der Waals surface area contributed by atoms with Crippen LogP contribution in [0, 0.1) is 11.8 Å². The molecular weight excluding hydrogens is 100 g/mol. The quantitative estimate of drug-likeness (QED) is 0.546. The minimum absolute atomic E-state index is 0.404. The molecule has 1 N–H and O–H groups in total. The van der Waals surface area contributed by atoms with Crippen molar-refractivity contribution in [2.75, 3.05) is 6.61 Å². The van der Waals surface area contributed by atoms with E-state index in [2.05, 4.69) is 6.92 Å². The van der Waals surface area contributed by atoms with Crippen LogP contribution in [0.2, 0.25) is 0 Å². The van der Waals surface area contributed by atoms with Crippen LogP contribution >= 0.6 is 0 Å². The molecule has 0 bridgehead atoms. The van der Waals surface area contributed by atoms with Gasteiger partial charge in [0.2, 0.25) is 0 Å². The summed E-state index contributed by atoms with van der Waals surface area (Å²) >= 11 is 0. The smallest absolute Gasteiger partial charge is 0.0461 e. The highest BCUT2D eigenvalue weighted by Crippen LogP contribution is 2.30. The van der Waals surface area contributed by atoms with Gasteiger partial charge >= 0.3 is 0 Å². The third kappa shape index (κ3) is 1.03. The van der Waals surface area contributed by atoms with Crippen molar-refractivity contribution in [3.63, 3.8) is 0 Å². The average Bonchev–Trinajstić information content (AvgIpc) is 2.14. The molecule has 1 saturated carbocycles. The van der Waals surface area contributed by atoms with Gasteiger partial charge in [0.15, 0.2) is 0 Å². The summed E-state index contributed by atoms with van der Waals surface area (Å²) in [6, 6.07) is 0. The first-order chi connectivity index (χ1) is 3.84. The number of aliphatic hydroxyl groups excluding tert-OH is 1. The van der Waals surface area contributed by atoms with Gasteiger partial charge in [-0.1, -0.05) is 19.8 Å². The van der Waals surface area contributed by atoms with Crippen molar-refractivity contribution >= 4 is 0 Å². The van der Waals surface area contributed by atoms with Gasteiger partial charge in [-0.25, -0.2) is 0 Å². The summed E-state index contributed by atoms with van der Waals surface area (Å²) in [6.07, 6.45) is 3.90. The highest BCUT2D eigenvalue weighted by Gasteiger charge is 2.21. The van der Waals surface area contributed by atoms with E-state index in [4.69, 9.17) is 5.11 Å². The molecule has 0 aromatic carbocycles. The minimum Gasteiger partial charge on any atom is -0.396 e. The molecule has 0 aromatic heterocycles. The zero-order chi connectivity index (χ0) is 5.98. The first kappa shape index (κ1) is 6.09. The highest BCUT2D eigenvalue weighted by molar-refractivity contribution is 4.72.